The summed E-state index contributed by atoms with van der Waals surface area (Å²) in [6.45, 7) is 0. The zero-order valence-corrected chi connectivity index (χ0v) is 10.1. The van der Waals surface area contributed by atoms with Crippen LogP contribution < -0.4 is 0 Å². The molecule has 1 saturated carbocycles. The van der Waals surface area contributed by atoms with E-state index in [9.17, 15) is 13.5 Å². The molecule has 0 atom stereocenters. The lowest BCUT2D eigenvalue weighted by Gasteiger charge is -2.18. The Hall–Kier alpha value is -0.460. The molecule has 4 nitrogen and oxygen atoms in total. The number of rotatable bonds is 2. The molecule has 0 aliphatic heterocycles. The molecule has 1 aliphatic rings. The summed E-state index contributed by atoms with van der Waals surface area (Å²) in [5.41, 5.74) is -0.833. The highest BCUT2D eigenvalue weighted by atomic mass is 32.2. The first kappa shape index (κ1) is 11.0. The summed E-state index contributed by atoms with van der Waals surface area (Å²) in [6.07, 6.45) is 6.02. The lowest BCUT2D eigenvalue weighted by atomic mass is 10.0. The third-order valence-corrected chi connectivity index (χ3v) is 5.57. The molecular weight excluding hydrogens is 234 g/mol. The summed E-state index contributed by atoms with van der Waals surface area (Å²) in [5.74, 6) is 0. The van der Waals surface area contributed by atoms with Gasteiger partial charge in [0.2, 0.25) is 14.2 Å². The van der Waals surface area contributed by atoms with Crippen molar-refractivity contribution >= 4 is 21.2 Å². The lowest BCUT2D eigenvalue weighted by Crippen LogP contribution is -2.18. The molecular formula is C9H13NO3S2. The molecule has 1 aliphatic carbocycles. The number of aromatic nitrogens is 1. The molecule has 84 valence electrons. The first-order valence-corrected chi connectivity index (χ1v) is 7.51. The summed E-state index contributed by atoms with van der Waals surface area (Å²) >= 11 is 1.09. The van der Waals surface area contributed by atoms with Gasteiger partial charge in [0.15, 0.2) is 0 Å². The topological polar surface area (TPSA) is 67.3 Å². The zero-order chi connectivity index (χ0) is 11.1. The van der Waals surface area contributed by atoms with E-state index in [4.69, 9.17) is 0 Å². The van der Waals surface area contributed by atoms with Gasteiger partial charge in [0.25, 0.3) is 0 Å². The standard InChI is InChI=1S/C9H13NO3S2/c1-15(12,13)8-10-6-7(14-8)9(11)4-2-3-5-9/h6,11H,2-5H2,1H3. The van der Waals surface area contributed by atoms with Crippen LogP contribution in [0.3, 0.4) is 0 Å². The average molecular weight is 247 g/mol. The molecule has 1 aromatic heterocycles. The molecule has 1 aromatic rings. The van der Waals surface area contributed by atoms with Crippen LogP contribution in [0.4, 0.5) is 0 Å². The van der Waals surface area contributed by atoms with E-state index in [0.29, 0.717) is 17.7 Å². The minimum absolute atomic E-state index is 0.0952. The van der Waals surface area contributed by atoms with Gasteiger partial charge in [-0.25, -0.2) is 13.4 Å². The molecule has 0 radical (unpaired) electrons. The number of hydrogen-bond donors (Lipinski definition) is 1. The van der Waals surface area contributed by atoms with Gasteiger partial charge in [0.05, 0.1) is 4.88 Å². The van der Waals surface area contributed by atoms with E-state index < -0.39 is 15.4 Å². The fourth-order valence-electron chi connectivity index (χ4n) is 1.85. The monoisotopic (exact) mass is 247 g/mol. The number of sulfone groups is 1. The van der Waals surface area contributed by atoms with Crippen LogP contribution in [0.2, 0.25) is 0 Å². The molecule has 15 heavy (non-hydrogen) atoms. The van der Waals surface area contributed by atoms with E-state index in [-0.39, 0.29) is 4.34 Å². The summed E-state index contributed by atoms with van der Waals surface area (Å²) in [4.78, 5) is 4.53. The largest absolute Gasteiger partial charge is 0.384 e. The minimum atomic E-state index is -3.24. The van der Waals surface area contributed by atoms with Crippen molar-refractivity contribution < 1.29 is 13.5 Å². The highest BCUT2D eigenvalue weighted by Crippen LogP contribution is 2.41. The van der Waals surface area contributed by atoms with Gasteiger partial charge in [-0.15, -0.1) is 11.3 Å². The maximum absolute atomic E-state index is 11.2. The molecule has 1 N–H and O–H groups in total. The Labute approximate surface area is 92.9 Å². The van der Waals surface area contributed by atoms with Crippen LogP contribution in [-0.4, -0.2) is 24.8 Å². The Balaban J connectivity index is 2.35. The van der Waals surface area contributed by atoms with Crippen molar-refractivity contribution in [1.82, 2.24) is 4.98 Å². The summed E-state index contributed by atoms with van der Waals surface area (Å²) in [6, 6.07) is 0. The normalized spacial score (nSPS) is 20.7. The van der Waals surface area contributed by atoms with Crippen LogP contribution in [0.15, 0.2) is 10.5 Å². The van der Waals surface area contributed by atoms with Gasteiger partial charge in [0, 0.05) is 12.5 Å². The predicted octanol–water partition coefficient (Wildman–Crippen LogP) is 1.31. The molecule has 0 saturated heterocycles. The first-order chi connectivity index (χ1) is 6.92. The Morgan fingerprint density at radius 3 is 2.53 bits per heavy atom. The second-order valence-electron chi connectivity index (χ2n) is 4.00. The quantitative estimate of drug-likeness (QED) is 0.855. The van der Waals surface area contributed by atoms with E-state index in [1.807, 2.05) is 0 Å². The number of hydrogen-bond acceptors (Lipinski definition) is 5. The van der Waals surface area contributed by atoms with Crippen LogP contribution in [-0.2, 0) is 15.4 Å². The van der Waals surface area contributed by atoms with Crippen molar-refractivity contribution in [3.8, 4) is 0 Å². The van der Waals surface area contributed by atoms with E-state index in [2.05, 4.69) is 4.98 Å². The third-order valence-electron chi connectivity index (χ3n) is 2.69. The van der Waals surface area contributed by atoms with E-state index in [1.165, 1.54) is 6.20 Å². The van der Waals surface area contributed by atoms with Crippen LogP contribution in [0.25, 0.3) is 0 Å². The van der Waals surface area contributed by atoms with Crippen molar-refractivity contribution in [2.24, 2.45) is 0 Å². The molecule has 0 amide bonds. The van der Waals surface area contributed by atoms with Crippen LogP contribution in [0.5, 0.6) is 0 Å². The fraction of sp³-hybridized carbons (Fsp3) is 0.667. The van der Waals surface area contributed by atoms with Crippen molar-refractivity contribution in [2.45, 2.75) is 35.6 Å². The van der Waals surface area contributed by atoms with Crippen molar-refractivity contribution in [3.63, 3.8) is 0 Å². The second-order valence-corrected chi connectivity index (χ2v) is 7.22. The molecule has 1 fully saturated rings. The third kappa shape index (κ3) is 2.07. The molecule has 0 bridgehead atoms. The Bertz CT molecular complexity index is 457. The Morgan fingerprint density at radius 2 is 2.07 bits per heavy atom. The van der Waals surface area contributed by atoms with E-state index in [0.717, 1.165) is 30.4 Å². The summed E-state index contributed by atoms with van der Waals surface area (Å²) in [5, 5.41) is 10.2. The summed E-state index contributed by atoms with van der Waals surface area (Å²) < 4.78 is 22.6. The maximum Gasteiger partial charge on any atom is 0.209 e. The van der Waals surface area contributed by atoms with Gasteiger partial charge in [-0.3, -0.25) is 0 Å². The highest BCUT2D eigenvalue weighted by molar-refractivity contribution is 7.92. The second kappa shape index (κ2) is 3.54. The number of thiazole rings is 1. The van der Waals surface area contributed by atoms with Crippen LogP contribution >= 0.6 is 11.3 Å². The van der Waals surface area contributed by atoms with Gasteiger partial charge in [0.1, 0.15) is 5.60 Å². The lowest BCUT2D eigenvalue weighted by molar-refractivity contribution is 0.0481. The van der Waals surface area contributed by atoms with E-state index in [1.54, 1.807) is 0 Å². The van der Waals surface area contributed by atoms with Crippen molar-refractivity contribution in [1.29, 1.82) is 0 Å². The maximum atomic E-state index is 11.2. The van der Waals surface area contributed by atoms with Crippen molar-refractivity contribution in [2.75, 3.05) is 6.26 Å². The van der Waals surface area contributed by atoms with Gasteiger partial charge >= 0.3 is 0 Å². The fourth-order valence-corrected chi connectivity index (χ4v) is 3.76. The van der Waals surface area contributed by atoms with Crippen LogP contribution in [0.1, 0.15) is 30.6 Å². The van der Waals surface area contributed by atoms with Gasteiger partial charge in [-0.05, 0) is 12.8 Å². The zero-order valence-electron chi connectivity index (χ0n) is 8.43. The molecule has 0 aromatic carbocycles. The highest BCUT2D eigenvalue weighted by Gasteiger charge is 2.35. The summed E-state index contributed by atoms with van der Waals surface area (Å²) in [7, 11) is -3.24. The molecule has 6 heteroatoms. The number of aliphatic hydroxyl groups is 1. The van der Waals surface area contributed by atoms with Gasteiger partial charge < -0.3 is 5.11 Å². The molecule has 0 unspecified atom stereocenters. The first-order valence-electron chi connectivity index (χ1n) is 4.81. The molecule has 0 spiro atoms. The smallest absolute Gasteiger partial charge is 0.209 e. The average Bonchev–Trinajstić information content (AvgIpc) is 2.69. The molecule has 1 heterocycles. The van der Waals surface area contributed by atoms with Crippen LogP contribution in [0, 0.1) is 0 Å². The predicted molar refractivity (Wildman–Crippen MR) is 57.6 cm³/mol. The van der Waals surface area contributed by atoms with E-state index >= 15 is 0 Å². The SMILES string of the molecule is CS(=O)(=O)c1ncc(C2(O)CCCC2)s1. The molecule has 2 rings (SSSR count). The van der Waals surface area contributed by atoms with Gasteiger partial charge in [-0.2, -0.15) is 0 Å². The van der Waals surface area contributed by atoms with Crippen molar-refractivity contribution in [3.05, 3.63) is 11.1 Å². The Morgan fingerprint density at radius 1 is 1.47 bits per heavy atom. The van der Waals surface area contributed by atoms with Gasteiger partial charge in [-0.1, -0.05) is 12.8 Å². The Kier molecular flexibility index (Phi) is 2.60. The number of nitrogens with zero attached hydrogens (tertiary/aromatic N) is 1. The minimum Gasteiger partial charge on any atom is -0.384 e.